The van der Waals surface area contributed by atoms with E-state index in [4.69, 9.17) is 0 Å². The molecule has 1 saturated heterocycles. The average molecular weight is 337 g/mol. The van der Waals surface area contributed by atoms with Gasteiger partial charge in [0.1, 0.15) is 10.7 Å². The highest BCUT2D eigenvalue weighted by Crippen LogP contribution is 2.28. The number of hydrogen-bond acceptors (Lipinski definition) is 4. The van der Waals surface area contributed by atoms with Crippen LogP contribution in [0.1, 0.15) is 51.9 Å². The molecule has 0 spiro atoms. The van der Waals surface area contributed by atoms with Gasteiger partial charge in [0, 0.05) is 25.3 Å². The summed E-state index contributed by atoms with van der Waals surface area (Å²) in [5, 5.41) is 3.47. The Morgan fingerprint density at radius 2 is 2.00 bits per heavy atom. The molecule has 2 unspecified atom stereocenters. The molecule has 1 aliphatic heterocycles. The van der Waals surface area contributed by atoms with Crippen molar-refractivity contribution in [1.82, 2.24) is 9.29 Å². The van der Waals surface area contributed by atoms with E-state index < -0.39 is 10.0 Å². The van der Waals surface area contributed by atoms with E-state index in [0.717, 1.165) is 24.6 Å². The van der Waals surface area contributed by atoms with Crippen molar-refractivity contribution in [3.05, 3.63) is 18.3 Å². The van der Waals surface area contributed by atoms with Gasteiger partial charge in [0.15, 0.2) is 0 Å². The van der Waals surface area contributed by atoms with E-state index in [2.05, 4.69) is 17.2 Å². The molecule has 5 nitrogen and oxygen atoms in total. The molecule has 0 radical (unpaired) electrons. The first-order valence-electron chi connectivity index (χ1n) is 8.82. The van der Waals surface area contributed by atoms with Crippen LogP contribution >= 0.6 is 0 Å². The number of anilines is 1. The van der Waals surface area contributed by atoms with Crippen molar-refractivity contribution in [1.29, 1.82) is 0 Å². The van der Waals surface area contributed by atoms with Crippen molar-refractivity contribution in [2.75, 3.05) is 18.4 Å². The summed E-state index contributed by atoms with van der Waals surface area (Å²) in [6, 6.07) is 3.95. The summed E-state index contributed by atoms with van der Waals surface area (Å²) in [7, 11) is -3.36. The van der Waals surface area contributed by atoms with Gasteiger partial charge in [-0.15, -0.1) is 0 Å². The number of pyridine rings is 1. The topological polar surface area (TPSA) is 62.3 Å². The monoisotopic (exact) mass is 337 g/mol. The predicted octanol–water partition coefficient (Wildman–Crippen LogP) is 3.25. The maximum atomic E-state index is 12.5. The van der Waals surface area contributed by atoms with Gasteiger partial charge in [0.25, 0.3) is 0 Å². The van der Waals surface area contributed by atoms with Gasteiger partial charge in [-0.25, -0.2) is 13.4 Å². The first-order chi connectivity index (χ1) is 11.1. The maximum Gasteiger partial charge on any atom is 0.244 e. The minimum Gasteiger partial charge on any atom is -0.367 e. The van der Waals surface area contributed by atoms with Crippen molar-refractivity contribution in [2.24, 2.45) is 5.92 Å². The minimum absolute atomic E-state index is 0.306. The summed E-state index contributed by atoms with van der Waals surface area (Å²) < 4.78 is 26.5. The highest BCUT2D eigenvalue weighted by Gasteiger charge is 2.27. The third-order valence-electron chi connectivity index (χ3n) is 5.15. The van der Waals surface area contributed by atoms with E-state index in [-0.39, 0.29) is 0 Å². The summed E-state index contributed by atoms with van der Waals surface area (Å²) in [5.74, 6) is 1.59. The Morgan fingerprint density at radius 3 is 2.65 bits per heavy atom. The number of hydrogen-bond donors (Lipinski definition) is 1. The van der Waals surface area contributed by atoms with E-state index in [1.807, 2.05) is 0 Å². The zero-order valence-electron chi connectivity index (χ0n) is 13.9. The van der Waals surface area contributed by atoms with Crippen LogP contribution in [0.4, 0.5) is 5.82 Å². The molecule has 1 aliphatic carbocycles. The van der Waals surface area contributed by atoms with Crippen LogP contribution in [0, 0.1) is 5.92 Å². The van der Waals surface area contributed by atoms with Gasteiger partial charge >= 0.3 is 0 Å². The second-order valence-corrected chi connectivity index (χ2v) is 8.71. The molecule has 128 valence electrons. The molecule has 0 amide bonds. The van der Waals surface area contributed by atoms with Crippen molar-refractivity contribution < 1.29 is 8.42 Å². The van der Waals surface area contributed by atoms with Crippen molar-refractivity contribution in [3.63, 3.8) is 0 Å². The summed E-state index contributed by atoms with van der Waals surface area (Å²) in [6.07, 6.45) is 9.58. The Balaban J connectivity index is 1.65. The second-order valence-electron chi connectivity index (χ2n) is 6.77. The van der Waals surface area contributed by atoms with E-state index in [1.165, 1.54) is 38.3 Å². The first kappa shape index (κ1) is 16.7. The Morgan fingerprint density at radius 1 is 1.22 bits per heavy atom. The second kappa shape index (κ2) is 7.18. The molecule has 3 rings (SSSR count). The van der Waals surface area contributed by atoms with E-state index in [1.54, 1.807) is 16.4 Å². The van der Waals surface area contributed by atoms with Gasteiger partial charge in [-0.2, -0.15) is 4.31 Å². The molecule has 2 fully saturated rings. The van der Waals surface area contributed by atoms with Crippen molar-refractivity contribution in [3.8, 4) is 0 Å². The van der Waals surface area contributed by atoms with Crippen LogP contribution in [0.2, 0.25) is 0 Å². The Labute approximate surface area is 139 Å². The summed E-state index contributed by atoms with van der Waals surface area (Å²) in [5.41, 5.74) is 0. The van der Waals surface area contributed by atoms with Crippen molar-refractivity contribution >= 4 is 15.8 Å². The van der Waals surface area contributed by atoms with Crippen LogP contribution < -0.4 is 5.32 Å². The lowest BCUT2D eigenvalue weighted by molar-refractivity contribution is 0.327. The number of nitrogens with one attached hydrogen (secondary N) is 1. The highest BCUT2D eigenvalue weighted by molar-refractivity contribution is 7.89. The molecule has 2 aliphatic rings. The molecule has 0 bridgehead atoms. The number of aromatic nitrogens is 1. The number of sulfonamides is 1. The molecule has 2 heterocycles. The molecule has 23 heavy (non-hydrogen) atoms. The van der Waals surface area contributed by atoms with Gasteiger partial charge in [0.05, 0.1) is 0 Å². The Hall–Kier alpha value is -1.14. The van der Waals surface area contributed by atoms with Crippen molar-refractivity contribution in [2.45, 2.75) is 62.8 Å². The molecule has 1 aromatic heterocycles. The van der Waals surface area contributed by atoms with Crippen LogP contribution in [0.25, 0.3) is 0 Å². The van der Waals surface area contributed by atoms with Gasteiger partial charge in [-0.3, -0.25) is 0 Å². The Bertz CT molecular complexity index is 609. The lowest BCUT2D eigenvalue weighted by atomic mass is 9.84. The zero-order valence-corrected chi connectivity index (χ0v) is 14.7. The third kappa shape index (κ3) is 3.86. The zero-order chi connectivity index (χ0) is 16.3. The van der Waals surface area contributed by atoms with Crippen LogP contribution in [-0.4, -0.2) is 36.8 Å². The quantitative estimate of drug-likeness (QED) is 0.896. The lowest BCUT2D eigenvalue weighted by Gasteiger charge is -2.29. The SMILES string of the molecule is CCC1CCCC(Nc2ccc(S(=O)(=O)N3CCCC3)cn2)C1. The van der Waals surface area contributed by atoms with Gasteiger partial charge in [-0.05, 0) is 43.7 Å². The predicted molar refractivity (Wildman–Crippen MR) is 91.9 cm³/mol. The molecule has 1 aromatic rings. The molecule has 2 atom stereocenters. The van der Waals surface area contributed by atoms with E-state index in [0.29, 0.717) is 24.0 Å². The Kier molecular flexibility index (Phi) is 5.21. The first-order valence-corrected chi connectivity index (χ1v) is 10.3. The standard InChI is InChI=1S/C17H27N3O2S/c1-2-14-6-5-7-15(12-14)19-17-9-8-16(13-18-17)23(21,22)20-10-3-4-11-20/h8-9,13-15H,2-7,10-12H2,1H3,(H,18,19). The molecule has 1 N–H and O–H groups in total. The summed E-state index contributed by atoms with van der Waals surface area (Å²) in [4.78, 5) is 4.65. The fourth-order valence-corrected chi connectivity index (χ4v) is 5.16. The fourth-order valence-electron chi connectivity index (χ4n) is 3.70. The molecular weight excluding hydrogens is 310 g/mol. The van der Waals surface area contributed by atoms with E-state index >= 15 is 0 Å². The van der Waals surface area contributed by atoms with Crippen LogP contribution in [-0.2, 0) is 10.0 Å². The fraction of sp³-hybridized carbons (Fsp3) is 0.706. The maximum absolute atomic E-state index is 12.5. The lowest BCUT2D eigenvalue weighted by Crippen LogP contribution is -2.28. The van der Waals surface area contributed by atoms with Crippen LogP contribution in [0.3, 0.4) is 0 Å². The third-order valence-corrected chi connectivity index (χ3v) is 7.03. The van der Waals surface area contributed by atoms with Crippen LogP contribution in [0.5, 0.6) is 0 Å². The molecule has 1 saturated carbocycles. The minimum atomic E-state index is -3.36. The molecular formula is C17H27N3O2S. The number of rotatable bonds is 5. The highest BCUT2D eigenvalue weighted by atomic mass is 32.2. The smallest absolute Gasteiger partial charge is 0.244 e. The number of nitrogens with zero attached hydrogens (tertiary/aromatic N) is 2. The summed E-state index contributed by atoms with van der Waals surface area (Å²) in [6.45, 7) is 3.51. The largest absolute Gasteiger partial charge is 0.367 e. The van der Waals surface area contributed by atoms with Gasteiger partial charge < -0.3 is 5.32 Å². The average Bonchev–Trinajstić information content (AvgIpc) is 3.11. The van der Waals surface area contributed by atoms with Crippen LogP contribution in [0.15, 0.2) is 23.2 Å². The normalized spacial score (nSPS) is 26.3. The molecule has 6 heteroatoms. The molecule has 0 aromatic carbocycles. The van der Waals surface area contributed by atoms with E-state index in [9.17, 15) is 8.42 Å². The van der Waals surface area contributed by atoms with Gasteiger partial charge in [-0.1, -0.05) is 26.2 Å². The van der Waals surface area contributed by atoms with Gasteiger partial charge in [0.2, 0.25) is 10.0 Å². The summed E-state index contributed by atoms with van der Waals surface area (Å²) >= 11 is 0.